The highest BCUT2D eigenvalue weighted by Crippen LogP contribution is 2.39. The van der Waals surface area contributed by atoms with E-state index >= 15 is 0 Å². The van der Waals surface area contributed by atoms with Gasteiger partial charge in [0.25, 0.3) is 0 Å². The lowest BCUT2D eigenvalue weighted by atomic mass is 9.72. The summed E-state index contributed by atoms with van der Waals surface area (Å²) in [4.78, 5) is 6.86. The highest BCUT2D eigenvalue weighted by atomic mass is 15.2. The fourth-order valence-electron chi connectivity index (χ4n) is 3.32. The van der Waals surface area contributed by atoms with E-state index in [9.17, 15) is 0 Å². The molecule has 2 aromatic rings. The third-order valence-electron chi connectivity index (χ3n) is 4.91. The molecule has 0 spiro atoms. The Bertz CT molecular complexity index is 727. The average Bonchev–Trinajstić information content (AvgIpc) is 2.61. The van der Waals surface area contributed by atoms with E-state index in [1.807, 2.05) is 18.4 Å². The molecule has 0 saturated heterocycles. The fourth-order valence-corrected chi connectivity index (χ4v) is 3.32. The minimum absolute atomic E-state index is 0.0217. The van der Waals surface area contributed by atoms with Crippen molar-refractivity contribution in [2.45, 2.75) is 31.0 Å². The van der Waals surface area contributed by atoms with Crippen molar-refractivity contribution in [1.82, 2.24) is 0 Å². The van der Waals surface area contributed by atoms with Gasteiger partial charge in [-0.25, -0.2) is 0 Å². The SMILES string of the molecule is NC1(c2ccc(C3N=CC=CN3c3ccccc3)cc2)CCC1. The minimum Gasteiger partial charge on any atom is -0.322 e. The number of rotatable bonds is 3. The fraction of sp³-hybridized carbons (Fsp3) is 0.250. The number of hydrogen-bond acceptors (Lipinski definition) is 3. The van der Waals surface area contributed by atoms with Crippen LogP contribution < -0.4 is 10.6 Å². The standard InChI is InChI=1S/C20H21N3/c21-20(12-4-13-20)17-10-8-16(9-11-17)19-22-14-5-15-23(19)18-6-2-1-3-7-18/h1-3,5-11,14-15,19H,4,12-13,21H2. The second-order valence-corrected chi connectivity index (χ2v) is 6.39. The van der Waals surface area contributed by atoms with Gasteiger partial charge in [0, 0.05) is 23.6 Å². The third kappa shape index (κ3) is 2.57. The van der Waals surface area contributed by atoms with E-state index in [-0.39, 0.29) is 11.7 Å². The molecular weight excluding hydrogens is 282 g/mol. The van der Waals surface area contributed by atoms with Crippen LogP contribution in [0.1, 0.15) is 36.6 Å². The van der Waals surface area contributed by atoms with Crippen molar-refractivity contribution in [2.24, 2.45) is 10.7 Å². The molecule has 1 aliphatic carbocycles. The maximum absolute atomic E-state index is 6.42. The predicted molar refractivity (Wildman–Crippen MR) is 95.5 cm³/mol. The molecule has 0 amide bonds. The first-order valence-electron chi connectivity index (χ1n) is 8.19. The van der Waals surface area contributed by atoms with Gasteiger partial charge in [0.15, 0.2) is 6.17 Å². The van der Waals surface area contributed by atoms with Gasteiger partial charge in [-0.1, -0.05) is 42.5 Å². The molecule has 23 heavy (non-hydrogen) atoms. The maximum atomic E-state index is 6.42. The maximum Gasteiger partial charge on any atom is 0.150 e. The van der Waals surface area contributed by atoms with Gasteiger partial charge in [-0.15, -0.1) is 0 Å². The van der Waals surface area contributed by atoms with Crippen LogP contribution in [0.25, 0.3) is 0 Å². The molecule has 2 aliphatic rings. The highest BCUT2D eigenvalue weighted by Gasteiger charge is 2.34. The van der Waals surface area contributed by atoms with E-state index in [0.29, 0.717) is 0 Å². The van der Waals surface area contributed by atoms with Crippen LogP contribution >= 0.6 is 0 Å². The average molecular weight is 303 g/mol. The monoisotopic (exact) mass is 303 g/mol. The normalized spacial score (nSPS) is 22.0. The smallest absolute Gasteiger partial charge is 0.150 e. The molecule has 0 bridgehead atoms. The van der Waals surface area contributed by atoms with Gasteiger partial charge >= 0.3 is 0 Å². The van der Waals surface area contributed by atoms with Crippen LogP contribution in [-0.2, 0) is 5.54 Å². The highest BCUT2D eigenvalue weighted by molar-refractivity contribution is 5.75. The molecule has 3 heteroatoms. The van der Waals surface area contributed by atoms with E-state index in [2.05, 4.69) is 64.6 Å². The Morgan fingerprint density at radius 2 is 1.74 bits per heavy atom. The van der Waals surface area contributed by atoms with Gasteiger partial charge in [-0.05, 0) is 48.6 Å². The van der Waals surface area contributed by atoms with Crippen molar-refractivity contribution in [2.75, 3.05) is 4.90 Å². The number of allylic oxidation sites excluding steroid dienone is 1. The summed E-state index contributed by atoms with van der Waals surface area (Å²) < 4.78 is 0. The molecule has 4 rings (SSSR count). The van der Waals surface area contributed by atoms with Crippen molar-refractivity contribution in [3.8, 4) is 0 Å². The quantitative estimate of drug-likeness (QED) is 0.926. The van der Waals surface area contributed by atoms with E-state index < -0.39 is 0 Å². The van der Waals surface area contributed by atoms with E-state index in [0.717, 1.165) is 18.5 Å². The van der Waals surface area contributed by atoms with Crippen LogP contribution in [0.15, 0.2) is 71.9 Å². The van der Waals surface area contributed by atoms with Crippen molar-refractivity contribution < 1.29 is 0 Å². The molecule has 2 N–H and O–H groups in total. The second kappa shape index (κ2) is 5.67. The number of para-hydroxylation sites is 1. The van der Waals surface area contributed by atoms with E-state index in [4.69, 9.17) is 5.73 Å². The van der Waals surface area contributed by atoms with Crippen LogP contribution in [0.2, 0.25) is 0 Å². The van der Waals surface area contributed by atoms with Crippen molar-refractivity contribution in [3.05, 3.63) is 78.0 Å². The number of hydrogen-bond donors (Lipinski definition) is 1. The molecule has 1 heterocycles. The summed E-state index contributed by atoms with van der Waals surface area (Å²) in [6, 6.07) is 19.0. The molecule has 1 aliphatic heterocycles. The molecule has 2 aromatic carbocycles. The summed E-state index contributed by atoms with van der Waals surface area (Å²) in [5.74, 6) is 0. The van der Waals surface area contributed by atoms with Gasteiger partial charge in [0.2, 0.25) is 0 Å². The summed E-state index contributed by atoms with van der Waals surface area (Å²) in [5, 5.41) is 0. The first-order chi connectivity index (χ1) is 11.3. The van der Waals surface area contributed by atoms with Gasteiger partial charge in [-0.2, -0.15) is 0 Å². The topological polar surface area (TPSA) is 41.6 Å². The van der Waals surface area contributed by atoms with Gasteiger partial charge in [0.1, 0.15) is 0 Å². The number of nitrogens with two attached hydrogens (primary N) is 1. The summed E-state index contributed by atoms with van der Waals surface area (Å²) in [6.07, 6.45) is 9.32. The molecule has 1 fully saturated rings. The first-order valence-corrected chi connectivity index (χ1v) is 8.19. The molecule has 1 atom stereocenters. The molecule has 1 saturated carbocycles. The summed E-state index contributed by atoms with van der Waals surface area (Å²) in [6.45, 7) is 0. The lowest BCUT2D eigenvalue weighted by Gasteiger charge is -2.39. The lowest BCUT2D eigenvalue weighted by Crippen LogP contribution is -2.43. The van der Waals surface area contributed by atoms with Crippen LogP contribution in [0, 0.1) is 0 Å². The van der Waals surface area contributed by atoms with Crippen molar-refractivity contribution in [1.29, 1.82) is 0 Å². The summed E-state index contributed by atoms with van der Waals surface area (Å²) in [7, 11) is 0. The Balaban J connectivity index is 1.63. The first kappa shape index (κ1) is 14.2. The van der Waals surface area contributed by atoms with Gasteiger partial charge in [-0.3, -0.25) is 4.99 Å². The number of benzene rings is 2. The Labute approximate surface area is 137 Å². The molecule has 0 radical (unpaired) electrons. The number of anilines is 1. The summed E-state index contributed by atoms with van der Waals surface area (Å²) >= 11 is 0. The van der Waals surface area contributed by atoms with Crippen LogP contribution in [0.5, 0.6) is 0 Å². The number of aliphatic imine (C=N–C) groups is 1. The zero-order valence-electron chi connectivity index (χ0n) is 13.1. The Hall–Kier alpha value is -2.39. The van der Waals surface area contributed by atoms with Crippen molar-refractivity contribution in [3.63, 3.8) is 0 Å². The largest absolute Gasteiger partial charge is 0.322 e. The molecule has 3 nitrogen and oxygen atoms in total. The van der Waals surface area contributed by atoms with Gasteiger partial charge in [0.05, 0.1) is 0 Å². The number of nitrogens with zero attached hydrogens (tertiary/aromatic N) is 2. The molecule has 1 unspecified atom stereocenters. The Kier molecular flexibility index (Phi) is 3.50. The van der Waals surface area contributed by atoms with Crippen LogP contribution in [0.3, 0.4) is 0 Å². The van der Waals surface area contributed by atoms with Crippen molar-refractivity contribution >= 4 is 11.9 Å². The molecule has 0 aromatic heterocycles. The lowest BCUT2D eigenvalue weighted by molar-refractivity contribution is 0.253. The molecular formula is C20H21N3. The zero-order valence-corrected chi connectivity index (χ0v) is 13.1. The molecule has 116 valence electrons. The van der Waals surface area contributed by atoms with Crippen LogP contribution in [0.4, 0.5) is 5.69 Å². The van der Waals surface area contributed by atoms with Crippen LogP contribution in [-0.4, -0.2) is 6.21 Å². The second-order valence-electron chi connectivity index (χ2n) is 6.39. The minimum atomic E-state index is -0.104. The van der Waals surface area contributed by atoms with E-state index in [1.54, 1.807) is 0 Å². The Morgan fingerprint density at radius 3 is 2.39 bits per heavy atom. The summed E-state index contributed by atoms with van der Waals surface area (Å²) in [5.41, 5.74) is 9.88. The zero-order chi connectivity index (χ0) is 15.7. The van der Waals surface area contributed by atoms with Gasteiger partial charge < -0.3 is 10.6 Å². The third-order valence-corrected chi connectivity index (χ3v) is 4.91. The Morgan fingerprint density at radius 1 is 1.00 bits per heavy atom. The van der Waals surface area contributed by atoms with E-state index in [1.165, 1.54) is 17.5 Å². The predicted octanol–water partition coefficient (Wildman–Crippen LogP) is 4.13.